The van der Waals surface area contributed by atoms with Crippen molar-refractivity contribution in [3.05, 3.63) is 33.8 Å². The maximum absolute atomic E-state index is 11.8. The van der Waals surface area contributed by atoms with Gasteiger partial charge in [0.1, 0.15) is 6.04 Å². The fourth-order valence-corrected chi connectivity index (χ4v) is 3.23. The van der Waals surface area contributed by atoms with Crippen LogP contribution >= 0.6 is 23.2 Å². The monoisotopic (exact) mass is 344 g/mol. The van der Waals surface area contributed by atoms with E-state index in [0.29, 0.717) is 41.8 Å². The number of hydrogen-bond donors (Lipinski definition) is 1. The van der Waals surface area contributed by atoms with E-state index in [1.165, 1.54) is 6.92 Å². The third kappa shape index (κ3) is 3.91. The summed E-state index contributed by atoms with van der Waals surface area (Å²) in [5, 5.41) is 10.4. The van der Waals surface area contributed by atoms with Gasteiger partial charge in [0.25, 0.3) is 0 Å². The predicted molar refractivity (Wildman–Crippen MR) is 85.3 cm³/mol. The molecule has 1 aromatic carbocycles. The Morgan fingerprint density at radius 2 is 1.91 bits per heavy atom. The molecule has 22 heavy (non-hydrogen) atoms. The van der Waals surface area contributed by atoms with Crippen molar-refractivity contribution in [1.82, 2.24) is 9.80 Å². The Morgan fingerprint density at radius 1 is 1.18 bits per heavy atom. The molecule has 1 saturated heterocycles. The molecule has 120 valence electrons. The Labute approximate surface area is 139 Å². The Bertz CT molecular complexity index is 580. The summed E-state index contributed by atoms with van der Waals surface area (Å²) in [4.78, 5) is 26.8. The number of halogens is 2. The van der Waals surface area contributed by atoms with Crippen LogP contribution in [-0.2, 0) is 9.59 Å². The zero-order valence-corrected chi connectivity index (χ0v) is 13.8. The third-order valence-corrected chi connectivity index (χ3v) is 4.39. The van der Waals surface area contributed by atoms with Crippen LogP contribution < -0.4 is 0 Å². The standard InChI is InChI=1S/C15H18Cl2N2O3/c1-10(20)18-5-2-6-19(8-7-18)14(15(21)22)12-4-3-11(16)9-13(12)17/h3-4,9,14H,2,5-8H2,1H3,(H,21,22). The summed E-state index contributed by atoms with van der Waals surface area (Å²) in [6.07, 6.45) is 0.731. The molecular formula is C15H18Cl2N2O3. The van der Waals surface area contributed by atoms with Crippen LogP contribution in [0.3, 0.4) is 0 Å². The van der Waals surface area contributed by atoms with Crippen LogP contribution in [0.5, 0.6) is 0 Å². The highest BCUT2D eigenvalue weighted by molar-refractivity contribution is 6.35. The van der Waals surface area contributed by atoms with E-state index in [4.69, 9.17) is 23.2 Å². The van der Waals surface area contributed by atoms with Gasteiger partial charge in [-0.3, -0.25) is 14.5 Å². The molecule has 1 heterocycles. The van der Waals surface area contributed by atoms with Crippen molar-refractivity contribution in [2.75, 3.05) is 26.2 Å². The largest absolute Gasteiger partial charge is 0.480 e. The van der Waals surface area contributed by atoms with Gasteiger partial charge in [-0.25, -0.2) is 0 Å². The molecule has 0 radical (unpaired) electrons. The highest BCUT2D eigenvalue weighted by atomic mass is 35.5. The predicted octanol–water partition coefficient (Wildman–Crippen LogP) is 2.67. The molecule has 1 atom stereocenters. The second-order valence-electron chi connectivity index (χ2n) is 5.30. The lowest BCUT2D eigenvalue weighted by molar-refractivity contribution is -0.143. The summed E-state index contributed by atoms with van der Waals surface area (Å²) >= 11 is 12.0. The molecule has 0 bridgehead atoms. The van der Waals surface area contributed by atoms with Crippen LogP contribution in [0.15, 0.2) is 18.2 Å². The first-order valence-electron chi connectivity index (χ1n) is 7.07. The Hall–Kier alpha value is -1.30. The van der Waals surface area contributed by atoms with E-state index in [1.54, 1.807) is 23.1 Å². The lowest BCUT2D eigenvalue weighted by Gasteiger charge is -2.28. The molecular weight excluding hydrogens is 327 g/mol. The number of hydrogen-bond acceptors (Lipinski definition) is 3. The van der Waals surface area contributed by atoms with Gasteiger partial charge in [-0.2, -0.15) is 0 Å². The van der Waals surface area contributed by atoms with E-state index in [-0.39, 0.29) is 5.91 Å². The average Bonchev–Trinajstić information content (AvgIpc) is 2.67. The van der Waals surface area contributed by atoms with Gasteiger partial charge in [0.2, 0.25) is 5.91 Å². The molecule has 1 aromatic rings. The molecule has 1 aliphatic rings. The summed E-state index contributed by atoms with van der Waals surface area (Å²) < 4.78 is 0. The summed E-state index contributed by atoms with van der Waals surface area (Å²) in [7, 11) is 0. The molecule has 0 spiro atoms. The van der Waals surface area contributed by atoms with E-state index >= 15 is 0 Å². The molecule has 1 amide bonds. The van der Waals surface area contributed by atoms with Gasteiger partial charge < -0.3 is 10.0 Å². The molecule has 0 aliphatic carbocycles. The van der Waals surface area contributed by atoms with Crippen LogP contribution in [0.1, 0.15) is 24.9 Å². The van der Waals surface area contributed by atoms with Gasteiger partial charge >= 0.3 is 5.97 Å². The molecule has 0 aromatic heterocycles. The van der Waals surface area contributed by atoms with Gasteiger partial charge in [-0.15, -0.1) is 0 Å². The van der Waals surface area contributed by atoms with Crippen molar-refractivity contribution in [3.8, 4) is 0 Å². The van der Waals surface area contributed by atoms with Crippen molar-refractivity contribution < 1.29 is 14.7 Å². The zero-order chi connectivity index (χ0) is 16.3. The van der Waals surface area contributed by atoms with Gasteiger partial charge in [0.05, 0.1) is 0 Å². The maximum Gasteiger partial charge on any atom is 0.325 e. The maximum atomic E-state index is 11.8. The van der Waals surface area contributed by atoms with Crippen LogP contribution in [0.25, 0.3) is 0 Å². The summed E-state index contributed by atoms with van der Waals surface area (Å²) in [6, 6.07) is 4.00. The van der Waals surface area contributed by atoms with E-state index in [2.05, 4.69) is 0 Å². The molecule has 2 rings (SSSR count). The van der Waals surface area contributed by atoms with Crippen molar-refractivity contribution in [1.29, 1.82) is 0 Å². The minimum Gasteiger partial charge on any atom is -0.480 e. The summed E-state index contributed by atoms with van der Waals surface area (Å²) in [5.41, 5.74) is 0.523. The number of rotatable bonds is 3. The van der Waals surface area contributed by atoms with Crippen LogP contribution in [-0.4, -0.2) is 53.0 Å². The number of benzene rings is 1. The van der Waals surface area contributed by atoms with Crippen molar-refractivity contribution in [2.24, 2.45) is 0 Å². The van der Waals surface area contributed by atoms with Crippen LogP contribution in [0.4, 0.5) is 0 Å². The fourth-order valence-electron chi connectivity index (χ4n) is 2.72. The smallest absolute Gasteiger partial charge is 0.325 e. The Kier molecular flexibility index (Phi) is 5.67. The summed E-state index contributed by atoms with van der Waals surface area (Å²) in [6.45, 7) is 3.78. The van der Waals surface area contributed by atoms with Crippen LogP contribution in [0, 0.1) is 0 Å². The number of carbonyl (C=O) groups excluding carboxylic acids is 1. The van der Waals surface area contributed by atoms with Gasteiger partial charge in [-0.1, -0.05) is 29.3 Å². The molecule has 1 unspecified atom stereocenters. The lowest BCUT2D eigenvalue weighted by atomic mass is 10.0. The molecule has 1 fully saturated rings. The molecule has 1 aliphatic heterocycles. The highest BCUT2D eigenvalue weighted by Crippen LogP contribution is 2.31. The number of nitrogens with zero attached hydrogens (tertiary/aromatic N) is 2. The van der Waals surface area contributed by atoms with Crippen molar-refractivity contribution in [2.45, 2.75) is 19.4 Å². The lowest BCUT2D eigenvalue weighted by Crippen LogP contribution is -2.38. The highest BCUT2D eigenvalue weighted by Gasteiger charge is 2.31. The Balaban J connectivity index is 2.24. The molecule has 7 heteroatoms. The topological polar surface area (TPSA) is 60.9 Å². The summed E-state index contributed by atoms with van der Waals surface area (Å²) in [5.74, 6) is -0.946. The number of aliphatic carboxylic acids is 1. The van der Waals surface area contributed by atoms with E-state index in [1.807, 2.05) is 4.90 Å². The first-order valence-corrected chi connectivity index (χ1v) is 7.83. The molecule has 0 saturated carbocycles. The van der Waals surface area contributed by atoms with E-state index in [9.17, 15) is 14.7 Å². The zero-order valence-electron chi connectivity index (χ0n) is 12.3. The minimum absolute atomic E-state index is 0.0123. The van der Waals surface area contributed by atoms with Gasteiger partial charge in [-0.05, 0) is 24.1 Å². The van der Waals surface area contributed by atoms with E-state index in [0.717, 1.165) is 6.42 Å². The first-order chi connectivity index (χ1) is 10.4. The normalized spacial score (nSPS) is 17.9. The molecule has 1 N–H and O–H groups in total. The van der Waals surface area contributed by atoms with Crippen molar-refractivity contribution >= 4 is 35.1 Å². The van der Waals surface area contributed by atoms with Gasteiger partial charge in [0, 0.05) is 43.1 Å². The van der Waals surface area contributed by atoms with Crippen LogP contribution in [0.2, 0.25) is 10.0 Å². The van der Waals surface area contributed by atoms with Gasteiger partial charge in [0.15, 0.2) is 0 Å². The van der Waals surface area contributed by atoms with E-state index < -0.39 is 12.0 Å². The SMILES string of the molecule is CC(=O)N1CCCN(C(C(=O)O)c2ccc(Cl)cc2Cl)CC1. The Morgan fingerprint density at radius 3 is 2.50 bits per heavy atom. The fraction of sp³-hybridized carbons (Fsp3) is 0.467. The first kappa shape index (κ1) is 17.1. The molecule has 5 nitrogen and oxygen atoms in total. The van der Waals surface area contributed by atoms with Crippen molar-refractivity contribution in [3.63, 3.8) is 0 Å². The quantitative estimate of drug-likeness (QED) is 0.915. The number of carbonyl (C=O) groups is 2. The number of carboxylic acids is 1. The average molecular weight is 345 g/mol. The number of carboxylic acid groups (broad SMARTS) is 1. The second-order valence-corrected chi connectivity index (χ2v) is 6.15. The number of amides is 1. The minimum atomic E-state index is -0.958. The third-order valence-electron chi connectivity index (χ3n) is 3.83. The second kappa shape index (κ2) is 7.31.